The predicted molar refractivity (Wildman–Crippen MR) is 109 cm³/mol. The highest BCUT2D eigenvalue weighted by atomic mass is 16.6. The minimum absolute atomic E-state index is 0.398. The summed E-state index contributed by atoms with van der Waals surface area (Å²) in [5.41, 5.74) is 0. The number of rotatable bonds is 0. The average molecular weight is 413 g/mol. The van der Waals surface area contributed by atoms with Crippen LogP contribution in [-0.2, 0) is 28.4 Å². The molecule has 0 amide bonds. The van der Waals surface area contributed by atoms with Crippen LogP contribution in [-0.4, -0.2) is 76.3 Å². The fraction of sp³-hybridized carbons (Fsp3) is 1.00. The zero-order valence-electron chi connectivity index (χ0n) is 18.8. The zero-order valence-corrected chi connectivity index (χ0v) is 18.8. The summed E-state index contributed by atoms with van der Waals surface area (Å²) in [7, 11) is 0. The minimum Gasteiger partial charge on any atom is -0.375 e. The van der Waals surface area contributed by atoms with Gasteiger partial charge in [0.1, 0.15) is 0 Å². The molecule has 0 aromatic carbocycles. The summed E-state index contributed by atoms with van der Waals surface area (Å²) in [6.45, 7) is 16.3. The lowest BCUT2D eigenvalue weighted by Gasteiger charge is -2.10. The Bertz CT molecular complexity index is 465. The molecule has 0 N–H and O–H groups in total. The second-order valence-corrected chi connectivity index (χ2v) is 10.1. The summed E-state index contributed by atoms with van der Waals surface area (Å²) in [5, 5.41) is 0. The first-order valence-corrected chi connectivity index (χ1v) is 11.6. The van der Waals surface area contributed by atoms with Gasteiger partial charge in [-0.15, -0.1) is 0 Å². The van der Waals surface area contributed by atoms with Crippen molar-refractivity contribution in [3.05, 3.63) is 0 Å². The molecule has 29 heavy (non-hydrogen) atoms. The molecule has 6 saturated heterocycles. The molecule has 0 unspecified atom stereocenters. The Kier molecular flexibility index (Phi) is 7.19. The van der Waals surface area contributed by atoms with E-state index >= 15 is 0 Å². The molecule has 11 atom stereocenters. The van der Waals surface area contributed by atoms with Crippen LogP contribution < -0.4 is 0 Å². The van der Waals surface area contributed by atoms with Gasteiger partial charge in [-0.1, -0.05) is 34.6 Å². The predicted octanol–water partition coefficient (Wildman–Crippen LogP) is 2.92. The van der Waals surface area contributed by atoms with Crippen molar-refractivity contribution < 1.29 is 28.4 Å². The van der Waals surface area contributed by atoms with Gasteiger partial charge in [0.2, 0.25) is 0 Å². The van der Waals surface area contributed by atoms with Gasteiger partial charge in [0.15, 0.2) is 0 Å². The van der Waals surface area contributed by atoms with Crippen molar-refractivity contribution in [2.24, 2.45) is 29.6 Å². The molecule has 6 rings (SSSR count). The first kappa shape index (κ1) is 22.0. The van der Waals surface area contributed by atoms with E-state index in [0.717, 1.165) is 46.1 Å². The molecule has 6 heterocycles. The van der Waals surface area contributed by atoms with Gasteiger partial charge in [-0.05, 0) is 6.42 Å². The van der Waals surface area contributed by atoms with Gasteiger partial charge in [0.05, 0.1) is 69.7 Å². The molecule has 0 spiro atoms. The Hall–Kier alpha value is -0.240. The van der Waals surface area contributed by atoms with Gasteiger partial charge in [-0.3, -0.25) is 0 Å². The molecule has 6 aliphatic heterocycles. The van der Waals surface area contributed by atoms with Crippen LogP contribution in [0.5, 0.6) is 0 Å². The maximum Gasteiger partial charge on any atom is 0.0887 e. The van der Waals surface area contributed by atoms with Crippen LogP contribution in [0, 0.1) is 29.6 Å². The van der Waals surface area contributed by atoms with Crippen molar-refractivity contribution in [1.82, 2.24) is 0 Å². The van der Waals surface area contributed by atoms with Crippen LogP contribution in [0.3, 0.4) is 0 Å². The Labute approximate surface area is 175 Å². The fourth-order valence-corrected chi connectivity index (χ4v) is 5.43. The molecule has 0 aromatic rings. The van der Waals surface area contributed by atoms with Crippen molar-refractivity contribution in [1.29, 1.82) is 0 Å². The van der Waals surface area contributed by atoms with Gasteiger partial charge < -0.3 is 28.4 Å². The van der Waals surface area contributed by atoms with Crippen LogP contribution in [0.1, 0.15) is 41.0 Å². The molecule has 6 fully saturated rings. The van der Waals surface area contributed by atoms with E-state index in [0.29, 0.717) is 66.2 Å². The second-order valence-electron chi connectivity index (χ2n) is 10.1. The smallest absolute Gasteiger partial charge is 0.0887 e. The third-order valence-corrected chi connectivity index (χ3v) is 7.31. The molecule has 0 aromatic heterocycles. The van der Waals surface area contributed by atoms with Crippen LogP contribution in [0.25, 0.3) is 0 Å². The summed E-state index contributed by atoms with van der Waals surface area (Å²) < 4.78 is 33.2. The van der Waals surface area contributed by atoms with Crippen LogP contribution >= 0.6 is 0 Å². The second kappa shape index (κ2) is 9.49. The number of ether oxygens (including phenoxy) is 6. The molecule has 6 nitrogen and oxygen atoms in total. The van der Waals surface area contributed by atoms with Gasteiger partial charge in [0.25, 0.3) is 0 Å². The van der Waals surface area contributed by atoms with Crippen LogP contribution in [0.4, 0.5) is 0 Å². The highest BCUT2D eigenvalue weighted by Gasteiger charge is 2.44. The molecular weight excluding hydrogens is 372 g/mol. The van der Waals surface area contributed by atoms with Crippen LogP contribution in [0.15, 0.2) is 0 Å². The van der Waals surface area contributed by atoms with Gasteiger partial charge >= 0.3 is 0 Å². The van der Waals surface area contributed by atoms with E-state index in [1.165, 1.54) is 0 Å². The first-order chi connectivity index (χ1) is 14.0. The lowest BCUT2D eigenvalue weighted by Crippen LogP contribution is -2.23. The standard InChI is InChI=1S/2C8H14O2.C7H12O2/c2*1-5-3-9-8-6(2)4-10-7(5)8;1-5-4-9-6-2-3-8-7(5)6/h2*5-8H,3-4H2,1-2H3;5-7H,2-4H2,1H3/t5-,6+,7-,8-;5-,6-,7-,8-;5-,6+,7+/m110/s1. The molecule has 168 valence electrons. The molecular formula is C23H40O6. The van der Waals surface area contributed by atoms with E-state index in [4.69, 9.17) is 28.4 Å². The van der Waals surface area contributed by atoms with E-state index in [1.807, 2.05) is 0 Å². The number of hydrogen-bond donors (Lipinski definition) is 0. The third kappa shape index (κ3) is 4.68. The SMILES string of the molecule is C[C@@H]1CO[C@H]2[C@@H]1OC[C@@H]2C.C[C@@H]1CO[C@H]2[C@@H]1OC[C@H]2C.C[C@H]1CO[C@@H]2CCO[C@H]12. The largest absolute Gasteiger partial charge is 0.375 e. The Morgan fingerprint density at radius 3 is 1.14 bits per heavy atom. The zero-order chi connectivity index (χ0) is 20.5. The molecule has 0 radical (unpaired) electrons. The maximum absolute atomic E-state index is 5.58. The Morgan fingerprint density at radius 1 is 0.414 bits per heavy atom. The highest BCUT2D eigenvalue weighted by molar-refractivity contribution is 4.91. The van der Waals surface area contributed by atoms with Gasteiger partial charge in [0, 0.05) is 36.2 Å². The normalized spacial score (nSPS) is 52.2. The quantitative estimate of drug-likeness (QED) is 0.610. The summed E-state index contributed by atoms with van der Waals surface area (Å²) in [6.07, 6.45) is 3.55. The van der Waals surface area contributed by atoms with Crippen molar-refractivity contribution in [2.75, 3.05) is 39.6 Å². The first-order valence-electron chi connectivity index (χ1n) is 11.6. The summed E-state index contributed by atoms with van der Waals surface area (Å²) in [5.74, 6) is 3.05. The van der Waals surface area contributed by atoms with Gasteiger partial charge in [-0.25, -0.2) is 0 Å². The molecule has 0 aliphatic carbocycles. The van der Waals surface area contributed by atoms with E-state index in [9.17, 15) is 0 Å². The van der Waals surface area contributed by atoms with E-state index in [1.54, 1.807) is 0 Å². The topological polar surface area (TPSA) is 55.4 Å². The fourth-order valence-electron chi connectivity index (χ4n) is 5.43. The molecule has 6 aliphatic rings. The summed E-state index contributed by atoms with van der Waals surface area (Å²) >= 11 is 0. The van der Waals surface area contributed by atoms with Crippen molar-refractivity contribution in [3.8, 4) is 0 Å². The minimum atomic E-state index is 0.398. The summed E-state index contributed by atoms with van der Waals surface area (Å²) in [6, 6.07) is 0. The monoisotopic (exact) mass is 412 g/mol. The molecule has 0 bridgehead atoms. The van der Waals surface area contributed by atoms with Gasteiger partial charge in [-0.2, -0.15) is 0 Å². The van der Waals surface area contributed by atoms with Crippen molar-refractivity contribution >= 4 is 0 Å². The molecule has 0 saturated carbocycles. The van der Waals surface area contributed by atoms with E-state index in [2.05, 4.69) is 34.6 Å². The third-order valence-electron chi connectivity index (χ3n) is 7.31. The van der Waals surface area contributed by atoms with E-state index in [-0.39, 0.29) is 0 Å². The number of hydrogen-bond acceptors (Lipinski definition) is 6. The summed E-state index contributed by atoms with van der Waals surface area (Å²) in [4.78, 5) is 0. The van der Waals surface area contributed by atoms with E-state index < -0.39 is 0 Å². The lowest BCUT2D eigenvalue weighted by molar-refractivity contribution is 0.0627. The average Bonchev–Trinajstić information content (AvgIpc) is 3.50. The van der Waals surface area contributed by atoms with Crippen LogP contribution in [0.2, 0.25) is 0 Å². The Balaban J connectivity index is 0.000000106. The highest BCUT2D eigenvalue weighted by Crippen LogP contribution is 2.34. The van der Waals surface area contributed by atoms with Crippen molar-refractivity contribution in [3.63, 3.8) is 0 Å². The number of fused-ring (bicyclic) bond motifs is 3. The van der Waals surface area contributed by atoms with Crippen molar-refractivity contribution in [2.45, 2.75) is 77.7 Å². The lowest BCUT2D eigenvalue weighted by atomic mass is 9.99. The maximum atomic E-state index is 5.58. The molecule has 6 heteroatoms. The Morgan fingerprint density at radius 2 is 0.759 bits per heavy atom.